The van der Waals surface area contributed by atoms with E-state index in [2.05, 4.69) is 15.4 Å². The minimum Gasteiger partial charge on any atom is -0.497 e. The van der Waals surface area contributed by atoms with Gasteiger partial charge in [0, 0.05) is 0 Å². The molecule has 3 N–H and O–H groups in total. The van der Waals surface area contributed by atoms with Crippen LogP contribution in [0.3, 0.4) is 0 Å². The third kappa shape index (κ3) is 3.07. The molecule has 0 bridgehead atoms. The van der Waals surface area contributed by atoms with Gasteiger partial charge in [-0.15, -0.1) is 0 Å². The molecule has 0 aliphatic heterocycles. The summed E-state index contributed by atoms with van der Waals surface area (Å²) in [6.45, 7) is 0.349. The zero-order valence-corrected chi connectivity index (χ0v) is 11.3. The summed E-state index contributed by atoms with van der Waals surface area (Å²) in [6, 6.07) is 7.55. The molecule has 20 heavy (non-hydrogen) atoms. The van der Waals surface area contributed by atoms with Crippen LogP contribution in [0.4, 0.5) is 5.82 Å². The number of hydrogen-bond donors (Lipinski definition) is 2. The molecule has 1 aromatic heterocycles. The van der Waals surface area contributed by atoms with Gasteiger partial charge in [0.2, 0.25) is 5.75 Å². The lowest BCUT2D eigenvalue weighted by Crippen LogP contribution is -2.11. The maximum atomic E-state index is 5.62. The number of methoxy groups -OCH3 is 2. The number of hydrazine groups is 1. The first-order valence-electron chi connectivity index (χ1n) is 5.89. The van der Waals surface area contributed by atoms with Gasteiger partial charge in [-0.05, 0) is 17.7 Å². The van der Waals surface area contributed by atoms with E-state index in [1.807, 2.05) is 24.3 Å². The second-order valence-corrected chi connectivity index (χ2v) is 3.84. The topological polar surface area (TPSA) is 91.5 Å². The summed E-state index contributed by atoms with van der Waals surface area (Å²) in [5, 5.41) is 0. The average Bonchev–Trinajstić information content (AvgIpc) is 2.52. The molecule has 0 saturated carbocycles. The van der Waals surface area contributed by atoms with Gasteiger partial charge >= 0.3 is 0 Å². The van der Waals surface area contributed by atoms with Gasteiger partial charge in [-0.2, -0.15) is 4.98 Å². The molecule has 7 nitrogen and oxygen atoms in total. The van der Waals surface area contributed by atoms with Crippen molar-refractivity contribution in [3.63, 3.8) is 0 Å². The van der Waals surface area contributed by atoms with E-state index in [0.717, 1.165) is 11.3 Å². The Labute approximate surface area is 116 Å². The van der Waals surface area contributed by atoms with Crippen molar-refractivity contribution in [2.75, 3.05) is 19.6 Å². The molecule has 0 aliphatic rings. The van der Waals surface area contributed by atoms with Gasteiger partial charge in [-0.25, -0.2) is 10.8 Å². The number of nitrogens with zero attached hydrogens (tertiary/aromatic N) is 2. The normalized spacial score (nSPS) is 9.95. The Morgan fingerprint density at radius 2 is 1.85 bits per heavy atom. The fourth-order valence-electron chi connectivity index (χ4n) is 1.62. The molecule has 1 aromatic carbocycles. The van der Waals surface area contributed by atoms with Gasteiger partial charge in [0.15, 0.2) is 5.82 Å². The molecular formula is C13H16N4O3. The molecule has 0 spiro atoms. The van der Waals surface area contributed by atoms with Crippen molar-refractivity contribution in [2.45, 2.75) is 6.61 Å². The van der Waals surface area contributed by atoms with E-state index in [4.69, 9.17) is 20.1 Å². The number of hydrogen-bond acceptors (Lipinski definition) is 7. The fourth-order valence-corrected chi connectivity index (χ4v) is 1.62. The highest BCUT2D eigenvalue weighted by atomic mass is 16.5. The minimum absolute atomic E-state index is 0.325. The Morgan fingerprint density at radius 1 is 1.10 bits per heavy atom. The lowest BCUT2D eigenvalue weighted by atomic mass is 10.2. The quantitative estimate of drug-likeness (QED) is 0.608. The van der Waals surface area contributed by atoms with E-state index >= 15 is 0 Å². The Kier molecular flexibility index (Phi) is 4.56. The second kappa shape index (κ2) is 6.58. The van der Waals surface area contributed by atoms with Crippen LogP contribution in [0.1, 0.15) is 5.56 Å². The Balaban J connectivity index is 2.10. The summed E-state index contributed by atoms with van der Waals surface area (Å²) in [6.07, 6.45) is 1.35. The number of anilines is 1. The van der Waals surface area contributed by atoms with Crippen LogP contribution in [0, 0.1) is 0 Å². The van der Waals surface area contributed by atoms with Crippen molar-refractivity contribution in [3.05, 3.63) is 36.2 Å². The standard InChI is InChI=1S/C13H16N4O3/c1-18-10-5-3-9(4-6-10)7-20-13-11(19-2)12(17-14)15-8-16-13/h3-6,8H,7,14H2,1-2H3,(H,15,16,17). The zero-order valence-electron chi connectivity index (χ0n) is 11.3. The number of aromatic nitrogens is 2. The summed E-state index contributed by atoms with van der Waals surface area (Å²) < 4.78 is 15.9. The number of nitrogen functional groups attached to an aromatic ring is 1. The van der Waals surface area contributed by atoms with E-state index in [1.54, 1.807) is 7.11 Å². The predicted molar refractivity (Wildman–Crippen MR) is 73.7 cm³/mol. The molecule has 0 unspecified atom stereocenters. The van der Waals surface area contributed by atoms with Crippen molar-refractivity contribution >= 4 is 5.82 Å². The van der Waals surface area contributed by atoms with Gasteiger partial charge in [-0.1, -0.05) is 12.1 Å². The van der Waals surface area contributed by atoms with Crippen LogP contribution in [0.5, 0.6) is 17.4 Å². The van der Waals surface area contributed by atoms with Crippen LogP contribution < -0.4 is 25.5 Å². The van der Waals surface area contributed by atoms with Gasteiger partial charge in [0.25, 0.3) is 5.88 Å². The van der Waals surface area contributed by atoms with E-state index in [1.165, 1.54) is 13.4 Å². The second-order valence-electron chi connectivity index (χ2n) is 3.84. The number of nitrogens with one attached hydrogen (secondary N) is 1. The number of ether oxygens (including phenoxy) is 3. The van der Waals surface area contributed by atoms with E-state index in [0.29, 0.717) is 24.1 Å². The van der Waals surface area contributed by atoms with E-state index in [-0.39, 0.29) is 0 Å². The molecule has 0 fully saturated rings. The molecular weight excluding hydrogens is 260 g/mol. The lowest BCUT2D eigenvalue weighted by Gasteiger charge is -2.12. The maximum absolute atomic E-state index is 5.62. The van der Waals surface area contributed by atoms with E-state index < -0.39 is 0 Å². The summed E-state index contributed by atoms with van der Waals surface area (Å²) in [5.74, 6) is 7.20. The third-order valence-corrected chi connectivity index (χ3v) is 2.65. The maximum Gasteiger partial charge on any atom is 0.262 e. The highest BCUT2D eigenvalue weighted by Crippen LogP contribution is 2.30. The van der Waals surface area contributed by atoms with Crippen LogP contribution in [0.25, 0.3) is 0 Å². The zero-order chi connectivity index (χ0) is 14.4. The molecule has 0 radical (unpaired) electrons. The van der Waals surface area contributed by atoms with Crippen molar-refractivity contribution < 1.29 is 14.2 Å². The van der Waals surface area contributed by atoms with Crippen LogP contribution in [-0.2, 0) is 6.61 Å². The first kappa shape index (κ1) is 13.9. The van der Waals surface area contributed by atoms with Crippen molar-refractivity contribution in [2.24, 2.45) is 5.84 Å². The Hall–Kier alpha value is -2.54. The molecule has 7 heteroatoms. The SMILES string of the molecule is COc1ccc(COc2ncnc(NN)c2OC)cc1. The van der Waals surface area contributed by atoms with Gasteiger partial charge in [0.05, 0.1) is 14.2 Å². The lowest BCUT2D eigenvalue weighted by molar-refractivity contribution is 0.272. The first-order chi connectivity index (χ1) is 9.78. The molecule has 1 heterocycles. The number of benzene rings is 1. The number of rotatable bonds is 6. The molecule has 0 atom stereocenters. The van der Waals surface area contributed by atoms with Crippen LogP contribution >= 0.6 is 0 Å². The Bertz CT molecular complexity index is 560. The summed E-state index contributed by atoms with van der Waals surface area (Å²) >= 11 is 0. The van der Waals surface area contributed by atoms with E-state index in [9.17, 15) is 0 Å². The first-order valence-corrected chi connectivity index (χ1v) is 5.89. The largest absolute Gasteiger partial charge is 0.497 e. The Morgan fingerprint density at radius 3 is 2.45 bits per heavy atom. The molecule has 0 saturated heterocycles. The van der Waals surface area contributed by atoms with Crippen LogP contribution in [-0.4, -0.2) is 24.2 Å². The molecule has 2 aromatic rings. The summed E-state index contributed by atoms with van der Waals surface area (Å²) in [7, 11) is 3.12. The average molecular weight is 276 g/mol. The monoisotopic (exact) mass is 276 g/mol. The molecule has 2 rings (SSSR count). The van der Waals surface area contributed by atoms with Gasteiger partial charge in [-0.3, -0.25) is 0 Å². The molecule has 106 valence electrons. The highest BCUT2D eigenvalue weighted by molar-refractivity contribution is 5.54. The van der Waals surface area contributed by atoms with Crippen molar-refractivity contribution in [1.29, 1.82) is 0 Å². The smallest absolute Gasteiger partial charge is 0.262 e. The van der Waals surface area contributed by atoms with Crippen LogP contribution in [0.15, 0.2) is 30.6 Å². The van der Waals surface area contributed by atoms with Gasteiger partial charge in [0.1, 0.15) is 18.7 Å². The summed E-state index contributed by atoms with van der Waals surface area (Å²) in [5.41, 5.74) is 3.41. The minimum atomic E-state index is 0.325. The fraction of sp³-hybridized carbons (Fsp3) is 0.231. The predicted octanol–water partition coefficient (Wildman–Crippen LogP) is 1.36. The summed E-state index contributed by atoms with van der Waals surface area (Å²) in [4.78, 5) is 7.97. The van der Waals surface area contributed by atoms with Crippen LogP contribution in [0.2, 0.25) is 0 Å². The van der Waals surface area contributed by atoms with Gasteiger partial charge < -0.3 is 19.6 Å². The highest BCUT2D eigenvalue weighted by Gasteiger charge is 2.12. The third-order valence-electron chi connectivity index (χ3n) is 2.65. The van der Waals surface area contributed by atoms with Crippen molar-refractivity contribution in [3.8, 4) is 17.4 Å². The van der Waals surface area contributed by atoms with Crippen molar-refractivity contribution in [1.82, 2.24) is 9.97 Å². The number of nitrogens with two attached hydrogens (primary N) is 1. The molecule has 0 amide bonds. The molecule has 0 aliphatic carbocycles.